The second-order valence-corrected chi connectivity index (χ2v) is 4.27. The Labute approximate surface area is 120 Å². The summed E-state index contributed by atoms with van der Waals surface area (Å²) in [6.07, 6.45) is 7.69. The largest absolute Gasteiger partial charge is 0.421 e. The fraction of sp³-hybridized carbons (Fsp3) is 0.250. The Kier molecular flexibility index (Phi) is 3.46. The molecule has 3 aromatic heterocycles. The number of anilines is 1. The summed E-state index contributed by atoms with van der Waals surface area (Å²) in [5.74, 6) is 0.898. The van der Waals surface area contributed by atoms with Gasteiger partial charge in [0.1, 0.15) is 0 Å². The lowest BCUT2D eigenvalue weighted by molar-refractivity contribution is 0.437. The molecule has 3 aromatic rings. The second-order valence-electron chi connectivity index (χ2n) is 4.27. The highest BCUT2D eigenvalue weighted by Gasteiger charge is 2.09. The summed E-state index contributed by atoms with van der Waals surface area (Å²) in [6.45, 7) is 2.90. The van der Waals surface area contributed by atoms with Crippen LogP contribution in [0.15, 0.2) is 30.9 Å². The number of hydrogen-bond donors (Lipinski definition) is 1. The third kappa shape index (κ3) is 2.96. The van der Waals surface area contributed by atoms with Gasteiger partial charge in [-0.2, -0.15) is 25.1 Å². The molecule has 9 heteroatoms. The van der Waals surface area contributed by atoms with Gasteiger partial charge in [-0.05, 0) is 12.5 Å². The second kappa shape index (κ2) is 5.57. The Morgan fingerprint density at radius 1 is 1.24 bits per heavy atom. The molecule has 3 rings (SSSR count). The molecule has 2 N–H and O–H groups in total. The number of rotatable bonds is 5. The number of aryl methyl sites for hydroxylation is 1. The van der Waals surface area contributed by atoms with Crippen LogP contribution in [-0.4, -0.2) is 34.5 Å². The zero-order valence-electron chi connectivity index (χ0n) is 11.4. The van der Waals surface area contributed by atoms with Crippen LogP contribution in [0.4, 0.5) is 5.95 Å². The molecular weight excluding hydrogens is 272 g/mol. The van der Waals surface area contributed by atoms with Crippen LogP contribution in [0.1, 0.15) is 13.3 Å². The van der Waals surface area contributed by atoms with E-state index in [2.05, 4.69) is 32.1 Å². The van der Waals surface area contributed by atoms with Crippen molar-refractivity contribution in [2.24, 2.45) is 0 Å². The molecule has 0 radical (unpaired) electrons. The lowest BCUT2D eigenvalue weighted by atomic mass is 10.5. The SMILES string of the molecule is CCCn1cc(Oc2nc(N)nc(-n3cccn3)n2)cn1. The van der Waals surface area contributed by atoms with E-state index >= 15 is 0 Å². The summed E-state index contributed by atoms with van der Waals surface area (Å²) in [5, 5.41) is 8.21. The summed E-state index contributed by atoms with van der Waals surface area (Å²) in [5.41, 5.74) is 5.67. The quantitative estimate of drug-likeness (QED) is 0.746. The van der Waals surface area contributed by atoms with Gasteiger partial charge in [0.2, 0.25) is 5.95 Å². The molecule has 0 saturated heterocycles. The first-order valence-electron chi connectivity index (χ1n) is 6.46. The van der Waals surface area contributed by atoms with Crippen molar-refractivity contribution < 1.29 is 4.74 Å². The van der Waals surface area contributed by atoms with Gasteiger partial charge in [-0.15, -0.1) is 0 Å². The highest BCUT2D eigenvalue weighted by Crippen LogP contribution is 2.18. The number of ether oxygens (including phenoxy) is 1. The lowest BCUT2D eigenvalue weighted by Gasteiger charge is -2.04. The molecule has 9 nitrogen and oxygen atoms in total. The van der Waals surface area contributed by atoms with Crippen molar-refractivity contribution >= 4 is 5.95 Å². The maximum absolute atomic E-state index is 5.67. The molecule has 0 spiro atoms. The molecule has 0 aromatic carbocycles. The first kappa shape index (κ1) is 13.0. The van der Waals surface area contributed by atoms with Crippen LogP contribution in [0.5, 0.6) is 11.8 Å². The van der Waals surface area contributed by atoms with Crippen LogP contribution in [0, 0.1) is 0 Å². The predicted octanol–water partition coefficient (Wildman–Crippen LogP) is 1.04. The van der Waals surface area contributed by atoms with E-state index in [4.69, 9.17) is 10.5 Å². The molecule has 0 aliphatic carbocycles. The molecule has 108 valence electrons. The fourth-order valence-corrected chi connectivity index (χ4v) is 1.75. The van der Waals surface area contributed by atoms with Gasteiger partial charge in [-0.25, -0.2) is 4.68 Å². The molecule has 0 aliphatic heterocycles. The predicted molar refractivity (Wildman–Crippen MR) is 74.0 cm³/mol. The molecule has 0 aliphatic rings. The van der Waals surface area contributed by atoms with Gasteiger partial charge < -0.3 is 10.5 Å². The van der Waals surface area contributed by atoms with Crippen LogP contribution in [-0.2, 0) is 6.54 Å². The summed E-state index contributed by atoms with van der Waals surface area (Å²) >= 11 is 0. The smallest absolute Gasteiger partial charge is 0.328 e. The summed E-state index contributed by atoms with van der Waals surface area (Å²) in [6, 6.07) is 1.86. The molecular formula is C12H14N8O. The molecule has 0 saturated carbocycles. The molecule has 3 heterocycles. The van der Waals surface area contributed by atoms with Crippen molar-refractivity contribution in [2.75, 3.05) is 5.73 Å². The summed E-state index contributed by atoms with van der Waals surface area (Å²) in [7, 11) is 0. The monoisotopic (exact) mass is 286 g/mol. The molecule has 0 fully saturated rings. The molecule has 21 heavy (non-hydrogen) atoms. The Morgan fingerprint density at radius 3 is 2.90 bits per heavy atom. The third-order valence-corrected chi connectivity index (χ3v) is 2.60. The molecule has 0 unspecified atom stereocenters. The Balaban J connectivity index is 1.84. The Bertz CT molecular complexity index is 721. The Morgan fingerprint density at radius 2 is 2.14 bits per heavy atom. The number of hydrogen-bond acceptors (Lipinski definition) is 7. The van der Waals surface area contributed by atoms with E-state index in [1.165, 1.54) is 4.68 Å². The van der Waals surface area contributed by atoms with E-state index in [0.29, 0.717) is 11.7 Å². The zero-order chi connectivity index (χ0) is 14.7. The van der Waals surface area contributed by atoms with Crippen molar-refractivity contribution in [3.05, 3.63) is 30.9 Å². The highest BCUT2D eigenvalue weighted by atomic mass is 16.5. The fourth-order valence-electron chi connectivity index (χ4n) is 1.75. The maximum atomic E-state index is 5.67. The van der Waals surface area contributed by atoms with Gasteiger partial charge in [0.05, 0.1) is 12.4 Å². The van der Waals surface area contributed by atoms with Crippen molar-refractivity contribution in [3.63, 3.8) is 0 Å². The zero-order valence-corrected chi connectivity index (χ0v) is 11.4. The number of nitrogen functional groups attached to an aromatic ring is 1. The third-order valence-electron chi connectivity index (χ3n) is 2.60. The van der Waals surface area contributed by atoms with Crippen LogP contribution >= 0.6 is 0 Å². The first-order valence-corrected chi connectivity index (χ1v) is 6.46. The molecule has 0 bridgehead atoms. The van der Waals surface area contributed by atoms with E-state index in [1.807, 2.05) is 0 Å². The van der Waals surface area contributed by atoms with E-state index in [9.17, 15) is 0 Å². The average Bonchev–Trinajstić information content (AvgIpc) is 3.10. The first-order chi connectivity index (χ1) is 10.2. The van der Waals surface area contributed by atoms with Crippen molar-refractivity contribution in [3.8, 4) is 17.7 Å². The van der Waals surface area contributed by atoms with Gasteiger partial charge in [-0.1, -0.05) is 6.92 Å². The minimum absolute atomic E-state index is 0.0615. The number of nitrogens with two attached hydrogens (primary N) is 1. The standard InChI is InChI=1S/C12H14N8O/c1-2-5-19-8-9(7-15-19)21-12-17-10(13)16-11(18-12)20-6-3-4-14-20/h3-4,6-8H,2,5H2,1H3,(H2,13,16,17,18). The topological polar surface area (TPSA) is 110 Å². The van der Waals surface area contributed by atoms with Crippen LogP contribution in [0.3, 0.4) is 0 Å². The van der Waals surface area contributed by atoms with Gasteiger partial charge in [0.25, 0.3) is 5.95 Å². The minimum Gasteiger partial charge on any atom is -0.421 e. The van der Waals surface area contributed by atoms with Gasteiger partial charge in [0.15, 0.2) is 5.75 Å². The normalized spacial score (nSPS) is 10.7. The van der Waals surface area contributed by atoms with Crippen LogP contribution < -0.4 is 10.5 Å². The number of aromatic nitrogens is 7. The van der Waals surface area contributed by atoms with E-state index in [1.54, 1.807) is 35.5 Å². The molecule has 0 atom stereocenters. The van der Waals surface area contributed by atoms with E-state index in [-0.39, 0.29) is 12.0 Å². The Hall–Kier alpha value is -2.97. The highest BCUT2D eigenvalue weighted by molar-refractivity contribution is 5.27. The minimum atomic E-state index is 0.0615. The lowest BCUT2D eigenvalue weighted by Crippen LogP contribution is -2.07. The van der Waals surface area contributed by atoms with Crippen molar-refractivity contribution in [1.29, 1.82) is 0 Å². The number of nitrogens with zero attached hydrogens (tertiary/aromatic N) is 7. The van der Waals surface area contributed by atoms with E-state index in [0.717, 1.165) is 13.0 Å². The van der Waals surface area contributed by atoms with Gasteiger partial charge >= 0.3 is 6.01 Å². The van der Waals surface area contributed by atoms with Crippen molar-refractivity contribution in [1.82, 2.24) is 34.5 Å². The summed E-state index contributed by atoms with van der Waals surface area (Å²) < 4.78 is 8.82. The van der Waals surface area contributed by atoms with Gasteiger partial charge in [0, 0.05) is 18.9 Å². The average molecular weight is 286 g/mol. The summed E-state index contributed by atoms with van der Waals surface area (Å²) in [4.78, 5) is 12.1. The maximum Gasteiger partial charge on any atom is 0.328 e. The molecule has 0 amide bonds. The van der Waals surface area contributed by atoms with Crippen LogP contribution in [0.25, 0.3) is 5.95 Å². The van der Waals surface area contributed by atoms with Crippen molar-refractivity contribution in [2.45, 2.75) is 19.9 Å². The van der Waals surface area contributed by atoms with Crippen LogP contribution in [0.2, 0.25) is 0 Å². The van der Waals surface area contributed by atoms with Gasteiger partial charge in [-0.3, -0.25) is 4.68 Å². The van der Waals surface area contributed by atoms with E-state index < -0.39 is 0 Å².